The molecule has 2 aliphatic rings. The monoisotopic (exact) mass is 257 g/mol. The van der Waals surface area contributed by atoms with E-state index in [0.29, 0.717) is 17.7 Å². The highest BCUT2D eigenvalue weighted by molar-refractivity contribution is 5.79. The molecular weight excluding hydrogens is 242 g/mol. The lowest BCUT2D eigenvalue weighted by molar-refractivity contribution is -0.129. The van der Waals surface area contributed by atoms with Crippen molar-refractivity contribution < 1.29 is 4.79 Å². The number of carbonyl (C=O) groups excluding carboxylic acids is 1. The minimum Gasteiger partial charge on any atom is -0.396 e. The van der Waals surface area contributed by atoms with Crippen molar-refractivity contribution in [3.8, 4) is 6.07 Å². The number of hydrogen-bond donors (Lipinski definition) is 1. The number of amides is 1. The normalized spacial score (nSPS) is 22.3. The number of anilines is 2. The fraction of sp³-hybridized carbons (Fsp3) is 0.462. The zero-order valence-electron chi connectivity index (χ0n) is 10.5. The second kappa shape index (κ2) is 4.43. The summed E-state index contributed by atoms with van der Waals surface area (Å²) in [6, 6.07) is 3.95. The van der Waals surface area contributed by atoms with Gasteiger partial charge in [0.25, 0.3) is 0 Å². The maximum absolute atomic E-state index is 11.6. The van der Waals surface area contributed by atoms with E-state index in [0.717, 1.165) is 31.9 Å². The molecule has 1 aromatic heterocycles. The van der Waals surface area contributed by atoms with Crippen LogP contribution in [-0.2, 0) is 4.79 Å². The van der Waals surface area contributed by atoms with Crippen molar-refractivity contribution in [1.29, 1.82) is 5.26 Å². The first-order valence-electron chi connectivity index (χ1n) is 6.39. The number of hydrogen-bond acceptors (Lipinski definition) is 5. The molecule has 2 aliphatic heterocycles. The van der Waals surface area contributed by atoms with Crippen LogP contribution in [0.4, 0.5) is 11.5 Å². The fourth-order valence-electron chi connectivity index (χ4n) is 2.86. The Morgan fingerprint density at radius 3 is 3.05 bits per heavy atom. The molecule has 98 valence electrons. The van der Waals surface area contributed by atoms with E-state index in [1.165, 1.54) is 6.20 Å². The molecule has 19 heavy (non-hydrogen) atoms. The van der Waals surface area contributed by atoms with E-state index in [4.69, 9.17) is 11.0 Å². The summed E-state index contributed by atoms with van der Waals surface area (Å²) in [5.74, 6) is 0.975. The third kappa shape index (κ3) is 1.97. The van der Waals surface area contributed by atoms with Gasteiger partial charge in [-0.1, -0.05) is 0 Å². The number of pyridine rings is 1. The molecule has 1 unspecified atom stereocenters. The Balaban J connectivity index is 1.81. The van der Waals surface area contributed by atoms with Gasteiger partial charge in [0.2, 0.25) is 5.91 Å². The smallest absolute Gasteiger partial charge is 0.223 e. The van der Waals surface area contributed by atoms with Crippen LogP contribution in [0.3, 0.4) is 0 Å². The predicted octanol–water partition coefficient (Wildman–Crippen LogP) is 0.346. The second-order valence-electron chi connectivity index (χ2n) is 4.97. The zero-order chi connectivity index (χ0) is 13.4. The molecule has 3 rings (SSSR count). The first-order valence-corrected chi connectivity index (χ1v) is 6.39. The summed E-state index contributed by atoms with van der Waals surface area (Å²) < 4.78 is 0. The molecule has 2 fully saturated rings. The number of aromatic nitrogens is 1. The molecule has 1 atom stereocenters. The largest absolute Gasteiger partial charge is 0.396 e. The topological polar surface area (TPSA) is 86.2 Å². The van der Waals surface area contributed by atoms with Crippen LogP contribution >= 0.6 is 0 Å². The lowest BCUT2D eigenvalue weighted by atomic mass is 10.1. The van der Waals surface area contributed by atoms with E-state index in [2.05, 4.69) is 9.88 Å². The quantitative estimate of drug-likeness (QED) is 0.784. The molecule has 0 saturated carbocycles. The highest BCUT2D eigenvalue weighted by Crippen LogP contribution is 2.28. The number of fused-ring (bicyclic) bond motifs is 1. The van der Waals surface area contributed by atoms with Crippen LogP contribution in [0.15, 0.2) is 12.3 Å². The van der Waals surface area contributed by atoms with Gasteiger partial charge in [0.05, 0.1) is 11.3 Å². The van der Waals surface area contributed by atoms with E-state index in [1.807, 2.05) is 11.0 Å². The van der Waals surface area contributed by atoms with Crippen LogP contribution < -0.4 is 10.6 Å². The molecule has 0 aliphatic carbocycles. The van der Waals surface area contributed by atoms with Gasteiger partial charge in [0.15, 0.2) is 5.82 Å². The molecule has 0 spiro atoms. The molecule has 1 amide bonds. The molecule has 0 aromatic carbocycles. The maximum Gasteiger partial charge on any atom is 0.223 e. The standard InChI is InChI=1S/C13H15N5O/c14-6-9-5-11(15)13(16-7-9)17-3-4-18-10(8-17)1-2-12(18)19/h5,7,10H,1-4,8,15H2. The van der Waals surface area contributed by atoms with Gasteiger partial charge in [0, 0.05) is 38.3 Å². The minimum absolute atomic E-state index is 0.255. The Kier molecular flexibility index (Phi) is 2.75. The van der Waals surface area contributed by atoms with Gasteiger partial charge >= 0.3 is 0 Å². The Labute approximate surface area is 111 Å². The number of piperazine rings is 1. The van der Waals surface area contributed by atoms with Gasteiger partial charge in [-0.05, 0) is 12.5 Å². The second-order valence-corrected chi connectivity index (χ2v) is 4.97. The van der Waals surface area contributed by atoms with Crippen molar-refractivity contribution in [2.24, 2.45) is 0 Å². The van der Waals surface area contributed by atoms with Crippen LogP contribution in [0.1, 0.15) is 18.4 Å². The lowest BCUT2D eigenvalue weighted by Gasteiger charge is -2.38. The van der Waals surface area contributed by atoms with Crippen molar-refractivity contribution in [3.05, 3.63) is 17.8 Å². The Bertz CT molecular complexity index is 565. The van der Waals surface area contributed by atoms with Gasteiger partial charge < -0.3 is 15.5 Å². The third-order valence-electron chi connectivity index (χ3n) is 3.82. The van der Waals surface area contributed by atoms with Gasteiger partial charge in [-0.15, -0.1) is 0 Å². The van der Waals surface area contributed by atoms with Gasteiger partial charge in [0.1, 0.15) is 6.07 Å². The first kappa shape index (κ1) is 11.8. The van der Waals surface area contributed by atoms with Crippen molar-refractivity contribution in [2.45, 2.75) is 18.9 Å². The van der Waals surface area contributed by atoms with Gasteiger partial charge in [-0.25, -0.2) is 4.98 Å². The SMILES string of the molecule is N#Cc1cnc(N2CCN3C(=O)CCC3C2)c(N)c1. The van der Waals surface area contributed by atoms with Crippen LogP contribution in [0.2, 0.25) is 0 Å². The maximum atomic E-state index is 11.6. The molecule has 1 aromatic rings. The number of rotatable bonds is 1. The number of nitrogen functional groups attached to an aromatic ring is 1. The summed E-state index contributed by atoms with van der Waals surface area (Å²) in [7, 11) is 0. The molecule has 6 nitrogen and oxygen atoms in total. The third-order valence-corrected chi connectivity index (χ3v) is 3.82. The summed E-state index contributed by atoms with van der Waals surface area (Å²) in [6.45, 7) is 2.24. The predicted molar refractivity (Wildman–Crippen MR) is 70.3 cm³/mol. The number of nitrogens with zero attached hydrogens (tertiary/aromatic N) is 4. The summed E-state index contributed by atoms with van der Waals surface area (Å²) >= 11 is 0. The minimum atomic E-state index is 0.255. The van der Waals surface area contributed by atoms with Crippen molar-refractivity contribution >= 4 is 17.4 Å². The Hall–Kier alpha value is -2.29. The highest BCUT2D eigenvalue weighted by Gasteiger charge is 2.36. The number of nitriles is 1. The average Bonchev–Trinajstić information content (AvgIpc) is 2.79. The molecule has 6 heteroatoms. The molecule has 2 N–H and O–H groups in total. The zero-order valence-corrected chi connectivity index (χ0v) is 10.5. The van der Waals surface area contributed by atoms with Crippen molar-refractivity contribution in [1.82, 2.24) is 9.88 Å². The first-order chi connectivity index (χ1) is 9.19. The molecule has 0 bridgehead atoms. The van der Waals surface area contributed by atoms with E-state index >= 15 is 0 Å². The summed E-state index contributed by atoms with van der Waals surface area (Å²) in [6.07, 6.45) is 3.10. The van der Waals surface area contributed by atoms with E-state index in [9.17, 15) is 4.79 Å². The Morgan fingerprint density at radius 1 is 1.47 bits per heavy atom. The Morgan fingerprint density at radius 2 is 2.32 bits per heavy atom. The van der Waals surface area contributed by atoms with E-state index < -0.39 is 0 Å². The molecule has 0 radical (unpaired) electrons. The molecule has 3 heterocycles. The fourth-order valence-corrected chi connectivity index (χ4v) is 2.86. The summed E-state index contributed by atoms with van der Waals surface area (Å²) in [5.41, 5.74) is 6.95. The lowest BCUT2D eigenvalue weighted by Crippen LogP contribution is -2.51. The van der Waals surface area contributed by atoms with Crippen LogP contribution in [0.5, 0.6) is 0 Å². The van der Waals surface area contributed by atoms with E-state index in [-0.39, 0.29) is 11.9 Å². The van der Waals surface area contributed by atoms with Crippen LogP contribution in [-0.4, -0.2) is 41.5 Å². The van der Waals surface area contributed by atoms with Crippen molar-refractivity contribution in [3.63, 3.8) is 0 Å². The highest BCUT2D eigenvalue weighted by atomic mass is 16.2. The molecular formula is C13H15N5O. The number of carbonyl (C=O) groups is 1. The molecule has 2 saturated heterocycles. The van der Waals surface area contributed by atoms with E-state index in [1.54, 1.807) is 6.07 Å². The van der Waals surface area contributed by atoms with Gasteiger partial charge in [-0.2, -0.15) is 5.26 Å². The summed E-state index contributed by atoms with van der Waals surface area (Å²) in [4.78, 5) is 20.0. The average molecular weight is 257 g/mol. The van der Waals surface area contributed by atoms with Crippen LogP contribution in [0.25, 0.3) is 0 Å². The van der Waals surface area contributed by atoms with Crippen molar-refractivity contribution in [2.75, 3.05) is 30.3 Å². The van der Waals surface area contributed by atoms with Gasteiger partial charge in [-0.3, -0.25) is 4.79 Å². The number of nitrogens with two attached hydrogens (primary N) is 1. The van der Waals surface area contributed by atoms with Crippen LogP contribution in [0, 0.1) is 11.3 Å². The summed E-state index contributed by atoms with van der Waals surface area (Å²) in [5, 5.41) is 8.81.